The van der Waals surface area contributed by atoms with Crippen LogP contribution in [0.3, 0.4) is 0 Å². The van der Waals surface area contributed by atoms with Gasteiger partial charge in [-0.1, -0.05) is 31.2 Å². The van der Waals surface area contributed by atoms with Crippen molar-refractivity contribution in [1.29, 1.82) is 0 Å². The molecule has 0 bridgehead atoms. The van der Waals surface area contributed by atoms with Crippen LogP contribution in [-0.4, -0.2) is 25.9 Å². The molecule has 0 spiro atoms. The molecule has 1 aromatic heterocycles. The molecule has 0 radical (unpaired) electrons. The predicted molar refractivity (Wildman–Crippen MR) is 123 cm³/mol. The lowest BCUT2D eigenvalue weighted by atomic mass is 10.1. The maximum atomic E-state index is 12.9. The van der Waals surface area contributed by atoms with Crippen molar-refractivity contribution < 1.29 is 17.9 Å². The van der Waals surface area contributed by atoms with Crippen molar-refractivity contribution in [2.45, 2.75) is 38.3 Å². The molecule has 3 aromatic rings. The summed E-state index contributed by atoms with van der Waals surface area (Å²) < 4.78 is 32.8. The number of carbonyl (C=O) groups excluding carboxylic acids is 1. The van der Waals surface area contributed by atoms with E-state index in [2.05, 4.69) is 15.0 Å². The smallest absolute Gasteiger partial charge is 0.252 e. The van der Waals surface area contributed by atoms with Gasteiger partial charge in [-0.3, -0.25) is 9.78 Å². The van der Waals surface area contributed by atoms with Gasteiger partial charge in [0.05, 0.1) is 10.9 Å². The van der Waals surface area contributed by atoms with Crippen molar-refractivity contribution in [3.8, 4) is 5.75 Å². The minimum atomic E-state index is -3.64. The Morgan fingerprint density at radius 2 is 1.88 bits per heavy atom. The third-order valence-electron chi connectivity index (χ3n) is 4.95. The summed E-state index contributed by atoms with van der Waals surface area (Å²) in [6, 6.07) is 15.6. The molecule has 1 atom stereocenters. The molecule has 0 aliphatic heterocycles. The second-order valence-corrected chi connectivity index (χ2v) is 9.16. The molecule has 2 aromatic carbocycles. The molecule has 0 aliphatic carbocycles. The Bertz CT molecular complexity index is 1160. The number of aromatic nitrogens is 1. The van der Waals surface area contributed by atoms with Crippen LogP contribution in [0, 0.1) is 6.92 Å². The highest BCUT2D eigenvalue weighted by Crippen LogP contribution is 2.21. The Labute approximate surface area is 188 Å². The van der Waals surface area contributed by atoms with Crippen molar-refractivity contribution in [2.75, 3.05) is 6.54 Å². The normalized spacial score (nSPS) is 12.2. The highest BCUT2D eigenvalue weighted by Gasteiger charge is 2.19. The minimum Gasteiger partial charge on any atom is -0.489 e. The van der Waals surface area contributed by atoms with Gasteiger partial charge in [-0.2, -0.15) is 0 Å². The van der Waals surface area contributed by atoms with Crippen LogP contribution in [0.2, 0.25) is 0 Å². The van der Waals surface area contributed by atoms with Crippen LogP contribution >= 0.6 is 0 Å². The summed E-state index contributed by atoms with van der Waals surface area (Å²) in [7, 11) is -3.64. The van der Waals surface area contributed by atoms with E-state index >= 15 is 0 Å². The summed E-state index contributed by atoms with van der Waals surface area (Å²) in [5, 5.41) is 2.94. The summed E-state index contributed by atoms with van der Waals surface area (Å²) in [6.45, 7) is 6.05. The van der Waals surface area contributed by atoms with Gasteiger partial charge in [0.2, 0.25) is 10.0 Å². The Kier molecular flexibility index (Phi) is 7.61. The molecular formula is C24H27N3O4S. The predicted octanol–water partition coefficient (Wildman–Crippen LogP) is 3.76. The van der Waals surface area contributed by atoms with Gasteiger partial charge in [0.15, 0.2) is 0 Å². The number of hydrogen-bond acceptors (Lipinski definition) is 5. The van der Waals surface area contributed by atoms with E-state index in [0.717, 1.165) is 11.1 Å². The van der Waals surface area contributed by atoms with Gasteiger partial charge in [0.25, 0.3) is 5.91 Å². The van der Waals surface area contributed by atoms with E-state index in [-0.39, 0.29) is 23.4 Å². The lowest BCUT2D eigenvalue weighted by molar-refractivity contribution is 0.0939. The van der Waals surface area contributed by atoms with Crippen molar-refractivity contribution in [3.05, 3.63) is 89.2 Å². The summed E-state index contributed by atoms with van der Waals surface area (Å²) in [5.41, 5.74) is 2.91. The topological polar surface area (TPSA) is 97.4 Å². The van der Waals surface area contributed by atoms with E-state index in [0.29, 0.717) is 23.5 Å². The van der Waals surface area contributed by atoms with Gasteiger partial charge in [-0.15, -0.1) is 0 Å². The zero-order valence-corrected chi connectivity index (χ0v) is 19.1. The van der Waals surface area contributed by atoms with Gasteiger partial charge >= 0.3 is 0 Å². The average molecular weight is 454 g/mol. The van der Waals surface area contributed by atoms with Gasteiger partial charge in [-0.05, 0) is 55.3 Å². The van der Waals surface area contributed by atoms with Crippen molar-refractivity contribution in [1.82, 2.24) is 15.0 Å². The third kappa shape index (κ3) is 5.93. The van der Waals surface area contributed by atoms with Crippen molar-refractivity contribution in [2.24, 2.45) is 0 Å². The fourth-order valence-electron chi connectivity index (χ4n) is 3.15. The first kappa shape index (κ1) is 23.4. The van der Waals surface area contributed by atoms with E-state index in [1.54, 1.807) is 32.3 Å². The number of amides is 1. The van der Waals surface area contributed by atoms with E-state index in [9.17, 15) is 13.2 Å². The fourth-order valence-corrected chi connectivity index (χ4v) is 4.21. The molecule has 2 N–H and O–H groups in total. The average Bonchev–Trinajstić information content (AvgIpc) is 2.78. The zero-order valence-electron chi connectivity index (χ0n) is 18.3. The summed E-state index contributed by atoms with van der Waals surface area (Å²) >= 11 is 0. The number of rotatable bonds is 9. The monoisotopic (exact) mass is 453 g/mol. The van der Waals surface area contributed by atoms with Crippen LogP contribution in [0.1, 0.15) is 46.9 Å². The second kappa shape index (κ2) is 10.4. The van der Waals surface area contributed by atoms with Gasteiger partial charge in [-0.25, -0.2) is 13.1 Å². The molecule has 1 heterocycles. The maximum Gasteiger partial charge on any atom is 0.252 e. The minimum absolute atomic E-state index is 0.0675. The molecule has 0 saturated carbocycles. The molecule has 1 amide bonds. The molecule has 0 fully saturated rings. The molecule has 0 unspecified atom stereocenters. The molecule has 3 rings (SSSR count). The third-order valence-corrected chi connectivity index (χ3v) is 6.50. The molecule has 7 nitrogen and oxygen atoms in total. The Morgan fingerprint density at radius 3 is 2.53 bits per heavy atom. The van der Waals surface area contributed by atoms with Gasteiger partial charge < -0.3 is 10.1 Å². The number of pyridine rings is 1. The second-order valence-electron chi connectivity index (χ2n) is 7.39. The summed E-state index contributed by atoms with van der Waals surface area (Å²) in [4.78, 5) is 17.0. The van der Waals surface area contributed by atoms with Gasteiger partial charge in [0.1, 0.15) is 12.4 Å². The lowest BCUT2D eigenvalue weighted by Gasteiger charge is -2.17. The highest BCUT2D eigenvalue weighted by molar-refractivity contribution is 7.89. The highest BCUT2D eigenvalue weighted by atomic mass is 32.2. The van der Waals surface area contributed by atoms with Crippen LogP contribution in [0.5, 0.6) is 5.75 Å². The number of aryl methyl sites for hydroxylation is 1. The molecule has 8 heteroatoms. The molecule has 0 aliphatic rings. The van der Waals surface area contributed by atoms with Crippen molar-refractivity contribution in [3.63, 3.8) is 0 Å². The summed E-state index contributed by atoms with van der Waals surface area (Å²) in [6.07, 6.45) is 3.47. The SMILES string of the molecule is CCNS(=O)(=O)c1ccc(C)c(C(=O)N[C@H](C)c2ccc(OCc3cccnc3)cc2)c1. The summed E-state index contributed by atoms with van der Waals surface area (Å²) in [5.74, 6) is 0.383. The van der Waals surface area contributed by atoms with Crippen LogP contribution in [0.15, 0.2) is 71.9 Å². The molecule has 168 valence electrons. The van der Waals surface area contributed by atoms with Crippen LogP contribution in [0.25, 0.3) is 0 Å². The van der Waals surface area contributed by atoms with E-state index in [1.165, 1.54) is 12.1 Å². The van der Waals surface area contributed by atoms with Crippen molar-refractivity contribution >= 4 is 15.9 Å². The molecular weight excluding hydrogens is 426 g/mol. The van der Waals surface area contributed by atoms with E-state index in [4.69, 9.17) is 4.74 Å². The molecule has 32 heavy (non-hydrogen) atoms. The largest absolute Gasteiger partial charge is 0.489 e. The first-order valence-electron chi connectivity index (χ1n) is 10.3. The maximum absolute atomic E-state index is 12.9. The van der Waals surface area contributed by atoms with Gasteiger partial charge in [0, 0.05) is 30.1 Å². The first-order valence-corrected chi connectivity index (χ1v) is 11.8. The fraction of sp³-hybridized carbons (Fsp3) is 0.250. The zero-order chi connectivity index (χ0) is 23.1. The number of sulfonamides is 1. The number of carbonyl (C=O) groups is 1. The number of nitrogens with one attached hydrogen (secondary N) is 2. The number of benzene rings is 2. The molecule has 0 saturated heterocycles. The van der Waals surface area contributed by atoms with E-state index < -0.39 is 10.0 Å². The Balaban J connectivity index is 1.66. The Hall–Kier alpha value is -3.23. The lowest BCUT2D eigenvalue weighted by Crippen LogP contribution is -2.28. The standard InChI is InChI=1S/C24H27N3O4S/c1-4-26-32(29,30)22-12-7-17(2)23(14-22)24(28)27-18(3)20-8-10-21(11-9-20)31-16-19-6-5-13-25-15-19/h5-15,18,26H,4,16H2,1-3H3,(H,27,28)/t18-/m1/s1. The number of hydrogen-bond donors (Lipinski definition) is 2. The Morgan fingerprint density at radius 1 is 1.12 bits per heavy atom. The van der Waals surface area contributed by atoms with Crippen LogP contribution in [0.4, 0.5) is 0 Å². The number of ether oxygens (including phenoxy) is 1. The van der Waals surface area contributed by atoms with E-state index in [1.807, 2.05) is 43.3 Å². The first-order chi connectivity index (χ1) is 15.3. The number of nitrogens with zero attached hydrogens (tertiary/aromatic N) is 1. The van der Waals surface area contributed by atoms with Crippen LogP contribution in [-0.2, 0) is 16.6 Å². The quantitative estimate of drug-likeness (QED) is 0.514. The van der Waals surface area contributed by atoms with Crippen LogP contribution < -0.4 is 14.8 Å².